The van der Waals surface area contributed by atoms with Gasteiger partial charge in [-0.05, 0) is 36.8 Å². The Bertz CT molecular complexity index is 1370. The van der Waals surface area contributed by atoms with Crippen molar-refractivity contribution in [2.45, 2.75) is 31.5 Å². The third-order valence-electron chi connectivity index (χ3n) is 5.68. The molecular weight excluding hydrogens is 513 g/mol. The van der Waals surface area contributed by atoms with E-state index in [1.165, 1.54) is 6.92 Å². The quantitative estimate of drug-likeness (QED) is 0.312. The molecule has 0 aliphatic rings. The van der Waals surface area contributed by atoms with Gasteiger partial charge in [0.15, 0.2) is 17.2 Å². The van der Waals surface area contributed by atoms with Crippen LogP contribution in [0.15, 0.2) is 47.3 Å². The first-order valence-corrected chi connectivity index (χ1v) is 10.6. The fraction of sp³-hybridized carbons (Fsp3) is 0.250. The molecule has 0 aliphatic heterocycles. The van der Waals surface area contributed by atoms with E-state index in [1.54, 1.807) is 0 Å². The SMILES string of the molecule is COC(=O)c1ccc(Oc2cc(Cl)c(C(C)C(O)(c3ccc(=O)[nH]c3C)C(F)(F)F)cc2F)cc1F. The summed E-state index contributed by atoms with van der Waals surface area (Å²) in [6.45, 7) is 2.18. The number of carbonyl (C=O) groups is 1. The monoisotopic (exact) mass is 531 g/mol. The predicted octanol–water partition coefficient (Wildman–Crippen LogP) is 5.75. The molecule has 0 spiro atoms. The summed E-state index contributed by atoms with van der Waals surface area (Å²) in [6.07, 6.45) is -5.25. The van der Waals surface area contributed by atoms with Gasteiger partial charge in [0.1, 0.15) is 11.6 Å². The zero-order valence-corrected chi connectivity index (χ0v) is 19.7. The molecule has 2 unspecified atom stereocenters. The van der Waals surface area contributed by atoms with Gasteiger partial charge in [0.2, 0.25) is 5.56 Å². The van der Waals surface area contributed by atoms with Crippen LogP contribution in [0.4, 0.5) is 22.0 Å². The number of rotatable bonds is 6. The van der Waals surface area contributed by atoms with Crippen molar-refractivity contribution in [1.29, 1.82) is 0 Å². The van der Waals surface area contributed by atoms with Gasteiger partial charge >= 0.3 is 12.1 Å². The molecule has 6 nitrogen and oxygen atoms in total. The molecule has 0 bridgehead atoms. The lowest BCUT2D eigenvalue weighted by molar-refractivity contribution is -0.274. The van der Waals surface area contributed by atoms with Gasteiger partial charge < -0.3 is 19.6 Å². The van der Waals surface area contributed by atoms with Gasteiger partial charge in [-0.1, -0.05) is 18.5 Å². The number of pyridine rings is 1. The van der Waals surface area contributed by atoms with Crippen LogP contribution in [0.5, 0.6) is 11.5 Å². The van der Waals surface area contributed by atoms with Crippen LogP contribution < -0.4 is 10.3 Å². The smallest absolute Gasteiger partial charge is 0.422 e. The highest BCUT2D eigenvalue weighted by Gasteiger charge is 2.59. The van der Waals surface area contributed by atoms with Crippen LogP contribution in [0.2, 0.25) is 5.02 Å². The Hall–Kier alpha value is -3.44. The molecule has 0 fully saturated rings. The maximum absolute atomic E-state index is 14.9. The van der Waals surface area contributed by atoms with E-state index in [0.29, 0.717) is 6.07 Å². The van der Waals surface area contributed by atoms with Crippen molar-refractivity contribution in [1.82, 2.24) is 4.98 Å². The summed E-state index contributed by atoms with van der Waals surface area (Å²) < 4.78 is 81.3. The van der Waals surface area contributed by atoms with E-state index in [-0.39, 0.29) is 16.5 Å². The lowest BCUT2D eigenvalue weighted by Gasteiger charge is -2.37. The number of aliphatic hydroxyl groups is 1. The first-order valence-electron chi connectivity index (χ1n) is 10.2. The van der Waals surface area contributed by atoms with Gasteiger partial charge in [0, 0.05) is 40.4 Å². The first-order chi connectivity index (χ1) is 16.7. The molecular formula is C24H19ClF5NO5. The van der Waals surface area contributed by atoms with Crippen LogP contribution in [-0.2, 0) is 10.3 Å². The second-order valence-corrected chi connectivity index (χ2v) is 8.29. The first kappa shape index (κ1) is 27.2. The highest BCUT2D eigenvalue weighted by Crippen LogP contribution is 2.50. The Labute approximate surface area is 206 Å². The van der Waals surface area contributed by atoms with Crippen LogP contribution in [0, 0.1) is 18.6 Å². The number of carbonyl (C=O) groups excluding carboxylic acids is 1. The molecule has 0 amide bonds. The fourth-order valence-corrected chi connectivity index (χ4v) is 4.08. The normalized spacial score (nSPS) is 14.2. The summed E-state index contributed by atoms with van der Waals surface area (Å²) in [5.74, 6) is -5.72. The zero-order valence-electron chi connectivity index (χ0n) is 19.0. The predicted molar refractivity (Wildman–Crippen MR) is 119 cm³/mol. The van der Waals surface area contributed by atoms with Gasteiger partial charge in [-0.3, -0.25) is 4.79 Å². The number of aryl methyl sites for hydroxylation is 1. The maximum Gasteiger partial charge on any atom is 0.422 e. The number of hydrogen-bond donors (Lipinski definition) is 2. The highest BCUT2D eigenvalue weighted by atomic mass is 35.5. The summed E-state index contributed by atoms with van der Waals surface area (Å²) in [5.41, 5.74) is -5.89. The third kappa shape index (κ3) is 4.93. The van der Waals surface area contributed by atoms with Gasteiger partial charge in [-0.15, -0.1) is 0 Å². The Balaban J connectivity index is 2.03. The number of benzene rings is 2. The Kier molecular flexibility index (Phi) is 7.47. The van der Waals surface area contributed by atoms with Crippen molar-refractivity contribution >= 4 is 17.6 Å². The van der Waals surface area contributed by atoms with E-state index in [2.05, 4.69) is 9.72 Å². The van der Waals surface area contributed by atoms with Crippen molar-refractivity contribution in [3.8, 4) is 11.5 Å². The van der Waals surface area contributed by atoms with Crippen molar-refractivity contribution in [3.63, 3.8) is 0 Å². The Morgan fingerprint density at radius 2 is 1.75 bits per heavy atom. The second kappa shape index (κ2) is 9.90. The Morgan fingerprint density at radius 3 is 2.31 bits per heavy atom. The van der Waals surface area contributed by atoms with E-state index in [9.17, 15) is 36.6 Å². The molecule has 0 saturated carbocycles. The summed E-state index contributed by atoms with van der Waals surface area (Å²) in [5, 5.41) is 10.5. The van der Waals surface area contributed by atoms with E-state index in [0.717, 1.165) is 50.4 Å². The van der Waals surface area contributed by atoms with E-state index in [1.807, 2.05) is 0 Å². The molecule has 36 heavy (non-hydrogen) atoms. The van der Waals surface area contributed by atoms with Gasteiger partial charge in [0.05, 0.1) is 12.7 Å². The Morgan fingerprint density at radius 1 is 1.08 bits per heavy atom. The van der Waals surface area contributed by atoms with Crippen LogP contribution in [0.1, 0.15) is 40.0 Å². The molecule has 2 aromatic carbocycles. The third-order valence-corrected chi connectivity index (χ3v) is 6.00. The fourth-order valence-electron chi connectivity index (χ4n) is 3.76. The average molecular weight is 532 g/mol. The minimum atomic E-state index is -5.25. The van der Waals surface area contributed by atoms with Crippen LogP contribution in [0.25, 0.3) is 0 Å². The van der Waals surface area contributed by atoms with E-state index < -0.39 is 63.3 Å². The minimum Gasteiger partial charge on any atom is -0.465 e. The number of ether oxygens (including phenoxy) is 2. The number of methoxy groups -OCH3 is 1. The molecule has 3 rings (SSSR count). The number of aromatic amines is 1. The largest absolute Gasteiger partial charge is 0.465 e. The van der Waals surface area contributed by atoms with Crippen LogP contribution in [0.3, 0.4) is 0 Å². The number of alkyl halides is 3. The minimum absolute atomic E-state index is 0.230. The molecule has 2 atom stereocenters. The van der Waals surface area contributed by atoms with Crippen molar-refractivity contribution in [2.24, 2.45) is 0 Å². The van der Waals surface area contributed by atoms with Gasteiger partial charge in [-0.2, -0.15) is 13.2 Å². The number of hydrogen-bond acceptors (Lipinski definition) is 5. The summed E-state index contributed by atoms with van der Waals surface area (Å²) in [7, 11) is 1.06. The number of esters is 1. The molecule has 3 aromatic rings. The van der Waals surface area contributed by atoms with Crippen molar-refractivity contribution in [2.75, 3.05) is 7.11 Å². The van der Waals surface area contributed by atoms with Crippen molar-refractivity contribution in [3.05, 3.63) is 91.9 Å². The molecule has 0 radical (unpaired) electrons. The highest BCUT2D eigenvalue weighted by molar-refractivity contribution is 6.31. The number of halogens is 6. The number of aromatic nitrogens is 1. The molecule has 1 heterocycles. The van der Waals surface area contributed by atoms with Crippen LogP contribution in [-0.4, -0.2) is 29.3 Å². The summed E-state index contributed by atoms with van der Waals surface area (Å²) in [6, 6.07) is 6.20. The average Bonchev–Trinajstić information content (AvgIpc) is 2.79. The molecule has 1 aromatic heterocycles. The number of nitrogens with one attached hydrogen (secondary N) is 1. The molecule has 0 saturated heterocycles. The molecule has 192 valence electrons. The molecule has 2 N–H and O–H groups in total. The maximum atomic E-state index is 14.9. The summed E-state index contributed by atoms with van der Waals surface area (Å²) in [4.78, 5) is 25.2. The van der Waals surface area contributed by atoms with Gasteiger partial charge in [-0.25, -0.2) is 13.6 Å². The van der Waals surface area contributed by atoms with Gasteiger partial charge in [0.25, 0.3) is 0 Å². The second-order valence-electron chi connectivity index (χ2n) is 7.89. The topological polar surface area (TPSA) is 88.6 Å². The van der Waals surface area contributed by atoms with Crippen LogP contribution >= 0.6 is 11.6 Å². The summed E-state index contributed by atoms with van der Waals surface area (Å²) >= 11 is 6.17. The standard InChI is InChI=1S/C24H19ClF5NO5/c1-11(23(34,24(28,29)30)16-6-7-21(32)31-12(16)2)15-9-19(27)20(10-17(15)25)36-13-4-5-14(18(26)8-13)22(33)35-3/h4-11,34H,1-3H3,(H,31,32). The molecule has 0 aliphatic carbocycles. The lowest BCUT2D eigenvalue weighted by atomic mass is 9.77. The van der Waals surface area contributed by atoms with Crippen molar-refractivity contribution < 1.29 is 41.3 Å². The zero-order chi connectivity index (χ0) is 27.0. The lowest BCUT2D eigenvalue weighted by Crippen LogP contribution is -2.47. The molecule has 12 heteroatoms. The number of H-pyrrole nitrogens is 1. The van der Waals surface area contributed by atoms with E-state index >= 15 is 0 Å². The van der Waals surface area contributed by atoms with E-state index in [4.69, 9.17) is 16.3 Å².